The summed E-state index contributed by atoms with van der Waals surface area (Å²) in [7, 11) is 0. The molecule has 19 heavy (non-hydrogen) atoms. The summed E-state index contributed by atoms with van der Waals surface area (Å²) < 4.78 is 0. The fraction of sp³-hybridized carbons (Fsp3) is 0.769. The highest BCUT2D eigenvalue weighted by Crippen LogP contribution is 2.28. The summed E-state index contributed by atoms with van der Waals surface area (Å²) in [6, 6.07) is -1.32. The lowest BCUT2D eigenvalue weighted by Crippen LogP contribution is -2.48. The molecule has 2 rings (SSSR count). The standard InChI is InChI=1S/C13H20N2O4/c1-3-8(2)15-11(16)7-10(12(15)17)14-6-4-5-9(14)13(18)19/h8-10H,3-7H2,1-2H3,(H,18,19). The highest BCUT2D eigenvalue weighted by molar-refractivity contribution is 6.06. The Bertz CT molecular complexity index is 409. The maximum absolute atomic E-state index is 12.3. The summed E-state index contributed by atoms with van der Waals surface area (Å²) in [5.41, 5.74) is 0. The number of likely N-dealkylation sites (tertiary alicyclic amines) is 2. The highest BCUT2D eigenvalue weighted by atomic mass is 16.4. The number of carbonyl (C=O) groups excluding carboxylic acids is 2. The van der Waals surface area contributed by atoms with E-state index in [1.165, 1.54) is 4.90 Å². The van der Waals surface area contributed by atoms with E-state index in [-0.39, 0.29) is 24.3 Å². The smallest absolute Gasteiger partial charge is 0.320 e. The van der Waals surface area contributed by atoms with Crippen LogP contribution in [0.25, 0.3) is 0 Å². The van der Waals surface area contributed by atoms with Crippen molar-refractivity contribution in [2.45, 2.75) is 57.7 Å². The van der Waals surface area contributed by atoms with Gasteiger partial charge in [-0.2, -0.15) is 0 Å². The molecule has 6 nitrogen and oxygen atoms in total. The average molecular weight is 268 g/mol. The largest absolute Gasteiger partial charge is 0.480 e. The molecule has 2 heterocycles. The molecular formula is C13H20N2O4. The Morgan fingerprint density at radius 2 is 2.16 bits per heavy atom. The van der Waals surface area contributed by atoms with Crippen LogP contribution in [0.4, 0.5) is 0 Å². The highest BCUT2D eigenvalue weighted by Gasteiger charge is 2.47. The molecule has 0 aromatic rings. The van der Waals surface area contributed by atoms with Crippen LogP contribution in [0.5, 0.6) is 0 Å². The van der Waals surface area contributed by atoms with Gasteiger partial charge in [-0.3, -0.25) is 24.2 Å². The molecule has 3 unspecified atom stereocenters. The third-order valence-corrected chi connectivity index (χ3v) is 4.17. The van der Waals surface area contributed by atoms with Gasteiger partial charge in [0.05, 0.1) is 12.5 Å². The first kappa shape index (κ1) is 14.0. The van der Waals surface area contributed by atoms with Crippen molar-refractivity contribution in [2.24, 2.45) is 0 Å². The summed E-state index contributed by atoms with van der Waals surface area (Å²) >= 11 is 0. The lowest BCUT2D eigenvalue weighted by molar-refractivity contribution is -0.145. The first-order chi connectivity index (χ1) is 8.97. The van der Waals surface area contributed by atoms with Crippen LogP contribution >= 0.6 is 0 Å². The number of rotatable bonds is 4. The molecule has 106 valence electrons. The van der Waals surface area contributed by atoms with E-state index >= 15 is 0 Å². The van der Waals surface area contributed by atoms with Crippen molar-refractivity contribution in [3.63, 3.8) is 0 Å². The van der Waals surface area contributed by atoms with Crippen molar-refractivity contribution < 1.29 is 19.5 Å². The Morgan fingerprint density at radius 1 is 1.47 bits per heavy atom. The lowest BCUT2D eigenvalue weighted by atomic mass is 10.1. The van der Waals surface area contributed by atoms with Crippen LogP contribution in [0.2, 0.25) is 0 Å². The van der Waals surface area contributed by atoms with E-state index in [1.54, 1.807) is 4.90 Å². The summed E-state index contributed by atoms with van der Waals surface area (Å²) in [4.78, 5) is 38.5. The number of nitrogens with zero attached hydrogens (tertiary/aromatic N) is 2. The number of hydrogen-bond acceptors (Lipinski definition) is 4. The van der Waals surface area contributed by atoms with E-state index in [0.29, 0.717) is 19.4 Å². The third-order valence-electron chi connectivity index (χ3n) is 4.17. The van der Waals surface area contributed by atoms with E-state index in [9.17, 15) is 14.4 Å². The fourth-order valence-corrected chi connectivity index (χ4v) is 2.97. The van der Waals surface area contributed by atoms with Crippen LogP contribution in [0.1, 0.15) is 39.5 Å². The van der Waals surface area contributed by atoms with Gasteiger partial charge in [0.2, 0.25) is 11.8 Å². The van der Waals surface area contributed by atoms with E-state index in [0.717, 1.165) is 6.42 Å². The normalized spacial score (nSPS) is 30.1. The monoisotopic (exact) mass is 268 g/mol. The number of aliphatic carboxylic acids is 1. The van der Waals surface area contributed by atoms with Gasteiger partial charge in [0.15, 0.2) is 0 Å². The van der Waals surface area contributed by atoms with Gasteiger partial charge in [0.25, 0.3) is 0 Å². The second kappa shape index (κ2) is 5.28. The minimum absolute atomic E-state index is 0.115. The fourth-order valence-electron chi connectivity index (χ4n) is 2.97. The molecule has 3 atom stereocenters. The van der Waals surface area contributed by atoms with E-state index in [1.807, 2.05) is 13.8 Å². The molecule has 2 aliphatic heterocycles. The Kier molecular flexibility index (Phi) is 3.89. The van der Waals surface area contributed by atoms with Gasteiger partial charge in [-0.25, -0.2) is 0 Å². The molecule has 6 heteroatoms. The molecule has 1 N–H and O–H groups in total. The van der Waals surface area contributed by atoms with Gasteiger partial charge in [0.1, 0.15) is 6.04 Å². The zero-order valence-electron chi connectivity index (χ0n) is 11.3. The molecular weight excluding hydrogens is 248 g/mol. The summed E-state index contributed by atoms with van der Waals surface area (Å²) in [5, 5.41) is 9.17. The zero-order chi connectivity index (χ0) is 14.2. The number of carbonyl (C=O) groups is 3. The second-order valence-electron chi connectivity index (χ2n) is 5.31. The summed E-state index contributed by atoms with van der Waals surface area (Å²) in [6.45, 7) is 4.35. The molecule has 0 aromatic heterocycles. The summed E-state index contributed by atoms with van der Waals surface area (Å²) in [5.74, 6) is -1.31. The first-order valence-corrected chi connectivity index (χ1v) is 6.81. The molecule has 0 aromatic carbocycles. The molecule has 2 saturated heterocycles. The van der Waals surface area contributed by atoms with E-state index in [2.05, 4.69) is 0 Å². The van der Waals surface area contributed by atoms with Crippen molar-refractivity contribution in [3.05, 3.63) is 0 Å². The maximum Gasteiger partial charge on any atom is 0.320 e. The predicted octanol–water partition coefficient (Wildman–Crippen LogP) is 0.461. The molecule has 2 fully saturated rings. The van der Waals surface area contributed by atoms with Gasteiger partial charge in [-0.15, -0.1) is 0 Å². The minimum Gasteiger partial charge on any atom is -0.480 e. The quantitative estimate of drug-likeness (QED) is 0.749. The van der Waals surface area contributed by atoms with E-state index < -0.39 is 18.1 Å². The Balaban J connectivity index is 2.16. The van der Waals surface area contributed by atoms with Crippen molar-refractivity contribution in [2.75, 3.05) is 6.54 Å². The van der Waals surface area contributed by atoms with Crippen LogP contribution in [0, 0.1) is 0 Å². The van der Waals surface area contributed by atoms with Crippen LogP contribution in [0.15, 0.2) is 0 Å². The molecule has 0 aliphatic carbocycles. The average Bonchev–Trinajstić information content (AvgIpc) is 2.93. The first-order valence-electron chi connectivity index (χ1n) is 6.81. The Hall–Kier alpha value is -1.43. The third kappa shape index (κ3) is 2.36. The number of carboxylic acid groups (broad SMARTS) is 1. The SMILES string of the molecule is CCC(C)N1C(=O)CC(N2CCCC2C(=O)O)C1=O. The summed E-state index contributed by atoms with van der Waals surface area (Å²) in [6.07, 6.45) is 2.15. The molecule has 0 saturated carbocycles. The molecule has 0 spiro atoms. The molecule has 2 amide bonds. The van der Waals surface area contributed by atoms with E-state index in [4.69, 9.17) is 5.11 Å². The van der Waals surface area contributed by atoms with Gasteiger partial charge in [-0.05, 0) is 32.7 Å². The van der Waals surface area contributed by atoms with Gasteiger partial charge in [-0.1, -0.05) is 6.92 Å². The molecule has 0 bridgehead atoms. The Morgan fingerprint density at radius 3 is 2.74 bits per heavy atom. The van der Waals surface area contributed by atoms with Crippen molar-refractivity contribution in [3.8, 4) is 0 Å². The van der Waals surface area contributed by atoms with Crippen molar-refractivity contribution in [1.82, 2.24) is 9.80 Å². The zero-order valence-corrected chi connectivity index (χ0v) is 11.3. The molecule has 0 radical (unpaired) electrons. The number of carboxylic acids is 1. The Labute approximate surface area is 112 Å². The number of imide groups is 1. The topological polar surface area (TPSA) is 77.9 Å². The lowest BCUT2D eigenvalue weighted by Gasteiger charge is -2.27. The predicted molar refractivity (Wildman–Crippen MR) is 67.4 cm³/mol. The van der Waals surface area contributed by atoms with Gasteiger partial charge >= 0.3 is 5.97 Å². The van der Waals surface area contributed by atoms with Crippen molar-refractivity contribution >= 4 is 17.8 Å². The number of amides is 2. The number of hydrogen-bond donors (Lipinski definition) is 1. The van der Waals surface area contributed by atoms with Crippen LogP contribution in [0.3, 0.4) is 0 Å². The maximum atomic E-state index is 12.3. The van der Waals surface area contributed by atoms with Crippen molar-refractivity contribution in [1.29, 1.82) is 0 Å². The molecule has 2 aliphatic rings. The van der Waals surface area contributed by atoms with Crippen LogP contribution in [-0.4, -0.2) is 57.4 Å². The minimum atomic E-state index is -0.903. The van der Waals surface area contributed by atoms with Gasteiger partial charge < -0.3 is 5.11 Å². The van der Waals surface area contributed by atoms with Crippen LogP contribution in [-0.2, 0) is 14.4 Å². The van der Waals surface area contributed by atoms with Crippen LogP contribution < -0.4 is 0 Å². The van der Waals surface area contributed by atoms with Gasteiger partial charge in [0, 0.05) is 6.04 Å². The second-order valence-corrected chi connectivity index (χ2v) is 5.31.